The Morgan fingerprint density at radius 1 is 0.885 bits per heavy atom. The van der Waals surface area contributed by atoms with Crippen molar-refractivity contribution in [3.8, 4) is 0 Å². The van der Waals surface area contributed by atoms with Crippen molar-refractivity contribution in [3.63, 3.8) is 0 Å². The molecule has 0 aliphatic heterocycles. The predicted octanol–water partition coefficient (Wildman–Crippen LogP) is 4.05. The summed E-state index contributed by atoms with van der Waals surface area (Å²) < 4.78 is 0. The lowest BCUT2D eigenvalue weighted by atomic mass is 10.0. The molecular formula is C22H21NO3. The first-order chi connectivity index (χ1) is 12.6. The summed E-state index contributed by atoms with van der Waals surface area (Å²) in [7, 11) is 0. The summed E-state index contributed by atoms with van der Waals surface area (Å²) in [6.07, 6.45) is 1.87. The van der Waals surface area contributed by atoms with E-state index in [2.05, 4.69) is 5.32 Å². The summed E-state index contributed by atoms with van der Waals surface area (Å²) in [5.41, 5.74) is 1.66. The fourth-order valence-electron chi connectivity index (χ4n) is 3.07. The lowest BCUT2D eigenvalue weighted by Gasteiger charge is -2.15. The quantitative estimate of drug-likeness (QED) is 0.678. The van der Waals surface area contributed by atoms with E-state index in [1.54, 1.807) is 6.07 Å². The first-order valence-electron chi connectivity index (χ1n) is 8.70. The number of carboxylic acid groups (broad SMARTS) is 1. The molecule has 0 bridgehead atoms. The number of aliphatic carboxylic acids is 1. The van der Waals surface area contributed by atoms with Gasteiger partial charge < -0.3 is 10.4 Å². The highest BCUT2D eigenvalue weighted by molar-refractivity contribution is 6.07. The molecule has 0 aliphatic rings. The van der Waals surface area contributed by atoms with Crippen molar-refractivity contribution >= 4 is 22.6 Å². The summed E-state index contributed by atoms with van der Waals surface area (Å²) in [6.45, 7) is 0. The number of nitrogens with one attached hydrogen (secondary N) is 1. The maximum absolute atomic E-state index is 12.6. The molecule has 3 aromatic rings. The first kappa shape index (κ1) is 17.7. The minimum absolute atomic E-state index is 0.353. The monoisotopic (exact) mass is 347 g/mol. The normalized spacial score (nSPS) is 11.8. The van der Waals surface area contributed by atoms with Crippen LogP contribution in [0.3, 0.4) is 0 Å². The molecule has 1 amide bonds. The number of carbonyl (C=O) groups is 2. The van der Waals surface area contributed by atoms with Crippen molar-refractivity contribution < 1.29 is 14.7 Å². The Bertz CT molecular complexity index is 900. The maximum atomic E-state index is 12.6. The lowest BCUT2D eigenvalue weighted by molar-refractivity contribution is -0.139. The van der Waals surface area contributed by atoms with Crippen molar-refractivity contribution in [3.05, 3.63) is 83.9 Å². The van der Waals surface area contributed by atoms with Crippen LogP contribution in [-0.2, 0) is 11.2 Å². The van der Waals surface area contributed by atoms with Crippen LogP contribution in [0.4, 0.5) is 0 Å². The third-order valence-electron chi connectivity index (χ3n) is 4.44. The van der Waals surface area contributed by atoms with E-state index in [4.69, 9.17) is 0 Å². The summed E-state index contributed by atoms with van der Waals surface area (Å²) in [5.74, 6) is -1.36. The molecule has 132 valence electrons. The molecule has 0 radical (unpaired) electrons. The summed E-state index contributed by atoms with van der Waals surface area (Å²) in [4.78, 5) is 24.2. The summed E-state index contributed by atoms with van der Waals surface area (Å²) >= 11 is 0. The Kier molecular flexibility index (Phi) is 5.64. The molecule has 26 heavy (non-hydrogen) atoms. The predicted molar refractivity (Wildman–Crippen MR) is 102 cm³/mol. The van der Waals surface area contributed by atoms with E-state index in [1.807, 2.05) is 66.7 Å². The van der Waals surface area contributed by atoms with Crippen LogP contribution in [0.1, 0.15) is 28.8 Å². The second-order valence-electron chi connectivity index (χ2n) is 6.27. The molecule has 2 N–H and O–H groups in total. The van der Waals surface area contributed by atoms with Gasteiger partial charge in [-0.3, -0.25) is 4.79 Å². The van der Waals surface area contributed by atoms with Gasteiger partial charge in [-0.15, -0.1) is 0 Å². The van der Waals surface area contributed by atoms with Crippen molar-refractivity contribution in [2.75, 3.05) is 0 Å². The van der Waals surface area contributed by atoms with E-state index in [0.29, 0.717) is 18.4 Å². The Morgan fingerprint density at radius 2 is 1.58 bits per heavy atom. The maximum Gasteiger partial charge on any atom is 0.326 e. The van der Waals surface area contributed by atoms with Gasteiger partial charge in [0, 0.05) is 5.56 Å². The summed E-state index contributed by atoms with van der Waals surface area (Å²) in [6, 6.07) is 22.1. The number of amides is 1. The first-order valence-corrected chi connectivity index (χ1v) is 8.70. The third-order valence-corrected chi connectivity index (χ3v) is 4.44. The zero-order valence-electron chi connectivity index (χ0n) is 14.4. The van der Waals surface area contributed by atoms with E-state index < -0.39 is 12.0 Å². The molecular weight excluding hydrogens is 326 g/mol. The van der Waals surface area contributed by atoms with Crippen LogP contribution in [0.5, 0.6) is 0 Å². The largest absolute Gasteiger partial charge is 0.480 e. The lowest BCUT2D eigenvalue weighted by Crippen LogP contribution is -2.40. The van der Waals surface area contributed by atoms with Crippen LogP contribution in [-0.4, -0.2) is 23.0 Å². The molecule has 4 heteroatoms. The summed E-state index contributed by atoms with van der Waals surface area (Å²) in [5, 5.41) is 13.9. The van der Waals surface area contributed by atoms with Gasteiger partial charge >= 0.3 is 5.97 Å². The smallest absolute Gasteiger partial charge is 0.326 e. The van der Waals surface area contributed by atoms with E-state index in [1.165, 1.54) is 0 Å². The zero-order valence-corrected chi connectivity index (χ0v) is 14.4. The highest BCUT2D eigenvalue weighted by atomic mass is 16.4. The van der Waals surface area contributed by atoms with Gasteiger partial charge in [0.2, 0.25) is 0 Å². The standard InChI is InChI=1S/C22H21NO3/c24-21(19-14-7-12-17-11-4-5-13-18(17)19)23-20(22(25)26)15-6-10-16-8-2-1-3-9-16/h1-5,7-9,11-14,20H,6,10,15H2,(H,23,24)(H,25,26). The van der Waals surface area contributed by atoms with Crippen molar-refractivity contribution in [1.82, 2.24) is 5.32 Å². The second-order valence-corrected chi connectivity index (χ2v) is 6.27. The van der Waals surface area contributed by atoms with Gasteiger partial charge in [-0.2, -0.15) is 0 Å². The molecule has 3 aromatic carbocycles. The van der Waals surface area contributed by atoms with Crippen LogP contribution >= 0.6 is 0 Å². The Hall–Kier alpha value is -3.14. The van der Waals surface area contributed by atoms with Crippen LogP contribution in [0.2, 0.25) is 0 Å². The van der Waals surface area contributed by atoms with Crippen LogP contribution in [0, 0.1) is 0 Å². The van der Waals surface area contributed by atoms with Crippen LogP contribution in [0.25, 0.3) is 10.8 Å². The van der Waals surface area contributed by atoms with E-state index >= 15 is 0 Å². The van der Waals surface area contributed by atoms with Crippen molar-refractivity contribution in [2.45, 2.75) is 25.3 Å². The van der Waals surface area contributed by atoms with Crippen molar-refractivity contribution in [1.29, 1.82) is 0 Å². The van der Waals surface area contributed by atoms with Gasteiger partial charge in [0.05, 0.1) is 0 Å². The number of aryl methyl sites for hydroxylation is 1. The number of carboxylic acids is 1. The Balaban J connectivity index is 1.67. The third kappa shape index (κ3) is 4.28. The average molecular weight is 347 g/mol. The number of fused-ring (bicyclic) bond motifs is 1. The highest BCUT2D eigenvalue weighted by Crippen LogP contribution is 2.18. The van der Waals surface area contributed by atoms with Gasteiger partial charge in [0.25, 0.3) is 5.91 Å². The number of benzene rings is 3. The average Bonchev–Trinajstić information content (AvgIpc) is 2.67. The number of carbonyl (C=O) groups excluding carboxylic acids is 1. The SMILES string of the molecule is O=C(NC(CCCc1ccccc1)C(=O)O)c1cccc2ccccc12. The minimum Gasteiger partial charge on any atom is -0.480 e. The molecule has 4 nitrogen and oxygen atoms in total. The van der Waals surface area contributed by atoms with Gasteiger partial charge in [-0.05, 0) is 41.7 Å². The number of hydrogen-bond donors (Lipinski definition) is 2. The molecule has 0 fully saturated rings. The van der Waals surface area contributed by atoms with E-state index in [9.17, 15) is 14.7 Å². The molecule has 3 rings (SSSR count). The molecule has 0 aromatic heterocycles. The van der Waals surface area contributed by atoms with Gasteiger partial charge in [0.15, 0.2) is 0 Å². The highest BCUT2D eigenvalue weighted by Gasteiger charge is 2.21. The number of rotatable bonds is 7. The minimum atomic E-state index is -1.01. The van der Waals surface area contributed by atoms with Gasteiger partial charge in [0.1, 0.15) is 6.04 Å². The molecule has 0 saturated carbocycles. The second kappa shape index (κ2) is 8.30. The van der Waals surface area contributed by atoms with Crippen molar-refractivity contribution in [2.24, 2.45) is 0 Å². The zero-order chi connectivity index (χ0) is 18.4. The van der Waals surface area contributed by atoms with Crippen LogP contribution < -0.4 is 5.32 Å². The molecule has 1 unspecified atom stereocenters. The molecule has 0 heterocycles. The topological polar surface area (TPSA) is 66.4 Å². The molecule has 0 spiro atoms. The van der Waals surface area contributed by atoms with Gasteiger partial charge in [-0.1, -0.05) is 66.7 Å². The molecule has 1 atom stereocenters. The molecule has 0 aliphatic carbocycles. The fourth-order valence-corrected chi connectivity index (χ4v) is 3.07. The number of hydrogen-bond acceptors (Lipinski definition) is 2. The van der Waals surface area contributed by atoms with Gasteiger partial charge in [-0.25, -0.2) is 4.79 Å². The van der Waals surface area contributed by atoms with Crippen LogP contribution in [0.15, 0.2) is 72.8 Å². The fraction of sp³-hybridized carbons (Fsp3) is 0.182. The molecule has 0 saturated heterocycles. The Morgan fingerprint density at radius 3 is 2.35 bits per heavy atom. The van der Waals surface area contributed by atoms with E-state index in [0.717, 1.165) is 22.8 Å². The Labute approximate surface area is 152 Å². The van der Waals surface area contributed by atoms with E-state index in [-0.39, 0.29) is 5.91 Å².